The summed E-state index contributed by atoms with van der Waals surface area (Å²) in [7, 11) is 0. The lowest BCUT2D eigenvalue weighted by Crippen LogP contribution is -2.51. The van der Waals surface area contributed by atoms with Crippen molar-refractivity contribution >= 4 is 39.5 Å². The average Bonchev–Trinajstić information content (AvgIpc) is 3.14. The van der Waals surface area contributed by atoms with Crippen LogP contribution >= 0.6 is 15.9 Å². The SMILES string of the molecule is CCOC(=O)[C@@H]1[C@H]2COc3ccccc3[C@H]2N2C(=O)N(c3ccc(Br)cc3)C(=O)[C@]12C. The fourth-order valence-corrected chi connectivity index (χ4v) is 5.52. The number of hydrogen-bond acceptors (Lipinski definition) is 5. The zero-order valence-electron chi connectivity index (χ0n) is 17.1. The molecule has 0 aliphatic carbocycles. The van der Waals surface area contributed by atoms with Crippen molar-refractivity contribution < 1.29 is 23.9 Å². The first-order valence-electron chi connectivity index (χ1n) is 10.2. The second kappa shape index (κ2) is 7.09. The number of rotatable bonds is 3. The van der Waals surface area contributed by atoms with Crippen LogP contribution in [0.3, 0.4) is 0 Å². The lowest BCUT2D eigenvalue weighted by atomic mass is 9.77. The summed E-state index contributed by atoms with van der Waals surface area (Å²) in [5, 5.41) is 0. The second-order valence-electron chi connectivity index (χ2n) is 8.10. The monoisotopic (exact) mass is 484 g/mol. The number of urea groups is 1. The van der Waals surface area contributed by atoms with E-state index in [1.807, 2.05) is 24.3 Å². The Labute approximate surface area is 188 Å². The van der Waals surface area contributed by atoms with Crippen molar-refractivity contribution in [1.82, 2.24) is 4.90 Å². The molecule has 4 atom stereocenters. The van der Waals surface area contributed by atoms with Gasteiger partial charge in [-0.25, -0.2) is 9.69 Å². The quantitative estimate of drug-likeness (QED) is 0.487. The number of benzene rings is 2. The zero-order valence-corrected chi connectivity index (χ0v) is 18.7. The number of carbonyl (C=O) groups is 3. The number of nitrogens with zero attached hydrogens (tertiary/aromatic N) is 2. The largest absolute Gasteiger partial charge is 0.493 e. The summed E-state index contributed by atoms with van der Waals surface area (Å²) >= 11 is 3.38. The van der Waals surface area contributed by atoms with E-state index in [-0.39, 0.29) is 19.1 Å². The van der Waals surface area contributed by atoms with E-state index in [4.69, 9.17) is 9.47 Å². The Morgan fingerprint density at radius 2 is 1.90 bits per heavy atom. The van der Waals surface area contributed by atoms with Gasteiger partial charge in [0.05, 0.1) is 30.9 Å². The summed E-state index contributed by atoms with van der Waals surface area (Å²) in [4.78, 5) is 43.3. The molecule has 2 fully saturated rings. The lowest BCUT2D eigenvalue weighted by molar-refractivity contribution is -0.154. The van der Waals surface area contributed by atoms with Crippen LogP contribution in [0.2, 0.25) is 0 Å². The fraction of sp³-hybridized carbons (Fsp3) is 0.348. The van der Waals surface area contributed by atoms with E-state index < -0.39 is 35.4 Å². The van der Waals surface area contributed by atoms with Crippen molar-refractivity contribution in [3.05, 3.63) is 58.6 Å². The Balaban J connectivity index is 1.67. The number of halogens is 1. The van der Waals surface area contributed by atoms with Crippen LogP contribution in [0.5, 0.6) is 5.75 Å². The maximum Gasteiger partial charge on any atom is 0.332 e. The third-order valence-electron chi connectivity index (χ3n) is 6.55. The second-order valence-corrected chi connectivity index (χ2v) is 9.02. The third kappa shape index (κ3) is 2.67. The molecule has 2 saturated heterocycles. The van der Waals surface area contributed by atoms with Gasteiger partial charge in [-0.05, 0) is 44.2 Å². The normalized spacial score (nSPS) is 28.7. The van der Waals surface area contributed by atoms with Crippen LogP contribution in [-0.4, -0.2) is 41.6 Å². The number of anilines is 1. The Bertz CT molecular complexity index is 1090. The van der Waals surface area contributed by atoms with E-state index in [0.717, 1.165) is 10.0 Å². The van der Waals surface area contributed by atoms with Crippen molar-refractivity contribution in [2.75, 3.05) is 18.1 Å². The van der Waals surface area contributed by atoms with Gasteiger partial charge in [-0.2, -0.15) is 0 Å². The van der Waals surface area contributed by atoms with Gasteiger partial charge in [0, 0.05) is 16.0 Å². The molecule has 0 aromatic heterocycles. The highest BCUT2D eigenvalue weighted by atomic mass is 79.9. The molecule has 3 heterocycles. The Kier molecular flexibility index (Phi) is 4.58. The molecule has 2 aromatic carbocycles. The van der Waals surface area contributed by atoms with Gasteiger partial charge in [0.25, 0.3) is 5.91 Å². The van der Waals surface area contributed by atoms with E-state index in [1.54, 1.807) is 43.0 Å². The van der Waals surface area contributed by atoms with Crippen LogP contribution in [0.1, 0.15) is 25.5 Å². The molecule has 160 valence electrons. The summed E-state index contributed by atoms with van der Waals surface area (Å²) < 4.78 is 12.1. The molecule has 2 aromatic rings. The molecule has 3 amide bonds. The van der Waals surface area contributed by atoms with Crippen LogP contribution in [-0.2, 0) is 14.3 Å². The van der Waals surface area contributed by atoms with Gasteiger partial charge in [-0.15, -0.1) is 0 Å². The van der Waals surface area contributed by atoms with Gasteiger partial charge in [0.1, 0.15) is 11.3 Å². The highest BCUT2D eigenvalue weighted by molar-refractivity contribution is 9.10. The molecule has 0 radical (unpaired) electrons. The van der Waals surface area contributed by atoms with Crippen LogP contribution in [0.25, 0.3) is 0 Å². The molecular formula is C23H21BrN2O5. The molecule has 0 unspecified atom stereocenters. The topological polar surface area (TPSA) is 76.2 Å². The molecule has 0 spiro atoms. The Hall–Kier alpha value is -2.87. The van der Waals surface area contributed by atoms with E-state index in [0.29, 0.717) is 11.4 Å². The molecule has 8 heteroatoms. The predicted octanol–water partition coefficient (Wildman–Crippen LogP) is 3.92. The molecule has 0 bridgehead atoms. The van der Waals surface area contributed by atoms with E-state index in [1.165, 1.54) is 4.90 Å². The highest BCUT2D eigenvalue weighted by Gasteiger charge is 2.72. The summed E-state index contributed by atoms with van der Waals surface area (Å²) in [5.74, 6) is -1.45. The van der Waals surface area contributed by atoms with Crippen molar-refractivity contribution in [3.63, 3.8) is 0 Å². The molecule has 3 aliphatic rings. The summed E-state index contributed by atoms with van der Waals surface area (Å²) in [6.45, 7) is 3.83. The number of hydrogen-bond donors (Lipinski definition) is 0. The van der Waals surface area contributed by atoms with Crippen molar-refractivity contribution in [3.8, 4) is 5.75 Å². The molecule has 3 aliphatic heterocycles. The van der Waals surface area contributed by atoms with Gasteiger partial charge < -0.3 is 14.4 Å². The third-order valence-corrected chi connectivity index (χ3v) is 7.07. The number of imide groups is 1. The number of para-hydroxylation sites is 1. The Morgan fingerprint density at radius 1 is 1.19 bits per heavy atom. The number of fused-ring (bicyclic) bond motifs is 5. The minimum Gasteiger partial charge on any atom is -0.493 e. The molecular weight excluding hydrogens is 464 g/mol. The van der Waals surface area contributed by atoms with Gasteiger partial charge in [-0.1, -0.05) is 34.1 Å². The minimum absolute atomic E-state index is 0.193. The van der Waals surface area contributed by atoms with Crippen LogP contribution < -0.4 is 9.64 Å². The number of carbonyl (C=O) groups excluding carboxylic acids is 3. The van der Waals surface area contributed by atoms with Crippen molar-refractivity contribution in [2.45, 2.75) is 25.4 Å². The smallest absolute Gasteiger partial charge is 0.332 e. The minimum atomic E-state index is -1.37. The molecule has 0 N–H and O–H groups in total. The predicted molar refractivity (Wildman–Crippen MR) is 116 cm³/mol. The lowest BCUT2D eigenvalue weighted by Gasteiger charge is -2.34. The first kappa shape index (κ1) is 20.1. The van der Waals surface area contributed by atoms with Crippen molar-refractivity contribution in [2.24, 2.45) is 11.8 Å². The molecule has 0 saturated carbocycles. The molecule has 31 heavy (non-hydrogen) atoms. The first-order valence-corrected chi connectivity index (χ1v) is 11.0. The molecule has 7 nitrogen and oxygen atoms in total. The number of esters is 1. The van der Waals surface area contributed by atoms with E-state index in [2.05, 4.69) is 15.9 Å². The fourth-order valence-electron chi connectivity index (χ4n) is 5.26. The van der Waals surface area contributed by atoms with Gasteiger partial charge in [0.2, 0.25) is 0 Å². The first-order chi connectivity index (χ1) is 14.9. The number of amides is 3. The average molecular weight is 485 g/mol. The maximum atomic E-state index is 13.8. The van der Waals surface area contributed by atoms with E-state index in [9.17, 15) is 14.4 Å². The summed E-state index contributed by atoms with van der Waals surface area (Å²) in [6, 6.07) is 13.5. The highest BCUT2D eigenvalue weighted by Crippen LogP contribution is 2.58. The maximum absolute atomic E-state index is 13.8. The van der Waals surface area contributed by atoms with E-state index >= 15 is 0 Å². The van der Waals surface area contributed by atoms with Gasteiger partial charge >= 0.3 is 12.0 Å². The van der Waals surface area contributed by atoms with Gasteiger partial charge in [0.15, 0.2) is 0 Å². The Morgan fingerprint density at radius 3 is 2.61 bits per heavy atom. The molecule has 5 rings (SSSR count). The van der Waals surface area contributed by atoms with Crippen LogP contribution in [0.4, 0.5) is 10.5 Å². The zero-order chi connectivity index (χ0) is 21.9. The van der Waals surface area contributed by atoms with Crippen LogP contribution in [0.15, 0.2) is 53.0 Å². The number of ether oxygens (including phenoxy) is 2. The van der Waals surface area contributed by atoms with Crippen LogP contribution in [0, 0.1) is 11.8 Å². The standard InChI is InChI=1S/C23H21BrN2O5/c1-3-30-20(27)18-16-12-31-17-7-5-4-6-15(17)19(16)26-22(29)25(21(28)23(18,26)2)14-10-8-13(24)9-11-14/h4-11,16,18-19H,3,12H2,1-2H3/t16-,18+,19-,23+/m1/s1. The van der Waals surface area contributed by atoms with Crippen molar-refractivity contribution in [1.29, 1.82) is 0 Å². The summed E-state index contributed by atoms with van der Waals surface area (Å²) in [5.41, 5.74) is -0.101. The van der Waals surface area contributed by atoms with Gasteiger partial charge in [-0.3, -0.25) is 9.59 Å². The summed E-state index contributed by atoms with van der Waals surface area (Å²) in [6.07, 6.45) is 0.